The molecule has 0 unspecified atom stereocenters. The lowest BCUT2D eigenvalue weighted by Gasteiger charge is -2.11. The number of hydrogen-bond acceptors (Lipinski definition) is 2. The van der Waals surface area contributed by atoms with Gasteiger partial charge < -0.3 is 10.2 Å². The standard InChI is InChI=1S/C18H21ClN2O/c1-21(2)12-6-11-20-18(22)16-13-15(9-10-17(16)19)14-7-4-3-5-8-14/h3-5,7-10,13H,6,11-12H2,1-2H3,(H,20,22). The first-order valence-electron chi connectivity index (χ1n) is 7.36. The van der Waals surface area contributed by atoms with Crippen LogP contribution in [0.2, 0.25) is 5.02 Å². The van der Waals surface area contributed by atoms with Crippen molar-refractivity contribution < 1.29 is 4.79 Å². The van der Waals surface area contributed by atoms with E-state index in [1.807, 2.05) is 56.6 Å². The van der Waals surface area contributed by atoms with Crippen LogP contribution in [-0.2, 0) is 0 Å². The molecule has 0 heterocycles. The molecule has 0 fully saturated rings. The Labute approximate surface area is 136 Å². The largest absolute Gasteiger partial charge is 0.352 e. The Morgan fingerprint density at radius 3 is 2.50 bits per heavy atom. The van der Waals surface area contributed by atoms with Gasteiger partial charge in [0, 0.05) is 6.54 Å². The lowest BCUT2D eigenvalue weighted by atomic mass is 10.0. The second-order valence-corrected chi connectivity index (χ2v) is 5.88. The number of amides is 1. The molecule has 1 N–H and O–H groups in total. The number of nitrogens with zero attached hydrogens (tertiary/aromatic N) is 1. The minimum Gasteiger partial charge on any atom is -0.352 e. The van der Waals surface area contributed by atoms with Gasteiger partial charge in [-0.15, -0.1) is 0 Å². The number of nitrogens with one attached hydrogen (secondary N) is 1. The molecule has 0 spiro atoms. The van der Waals surface area contributed by atoms with E-state index in [2.05, 4.69) is 10.2 Å². The first-order valence-corrected chi connectivity index (χ1v) is 7.73. The van der Waals surface area contributed by atoms with Gasteiger partial charge in [0.25, 0.3) is 5.91 Å². The minimum absolute atomic E-state index is 0.124. The van der Waals surface area contributed by atoms with E-state index in [9.17, 15) is 4.79 Å². The monoisotopic (exact) mass is 316 g/mol. The smallest absolute Gasteiger partial charge is 0.252 e. The van der Waals surface area contributed by atoms with Crippen molar-refractivity contribution in [2.24, 2.45) is 0 Å². The third kappa shape index (κ3) is 4.58. The molecule has 0 radical (unpaired) electrons. The summed E-state index contributed by atoms with van der Waals surface area (Å²) in [4.78, 5) is 14.4. The molecule has 2 aromatic rings. The molecule has 2 rings (SSSR count). The summed E-state index contributed by atoms with van der Waals surface area (Å²) < 4.78 is 0. The lowest BCUT2D eigenvalue weighted by molar-refractivity contribution is 0.0952. The second kappa shape index (κ2) is 7.97. The van der Waals surface area contributed by atoms with Gasteiger partial charge >= 0.3 is 0 Å². The van der Waals surface area contributed by atoms with Crippen LogP contribution in [0.25, 0.3) is 11.1 Å². The quantitative estimate of drug-likeness (QED) is 0.824. The molecular formula is C18H21ClN2O. The number of halogens is 1. The minimum atomic E-state index is -0.124. The number of carbonyl (C=O) groups excluding carboxylic acids is 1. The number of hydrogen-bond donors (Lipinski definition) is 1. The van der Waals surface area contributed by atoms with E-state index in [4.69, 9.17) is 11.6 Å². The van der Waals surface area contributed by atoms with Crippen LogP contribution in [0.1, 0.15) is 16.8 Å². The van der Waals surface area contributed by atoms with Crippen molar-refractivity contribution in [2.45, 2.75) is 6.42 Å². The summed E-state index contributed by atoms with van der Waals surface area (Å²) in [6.07, 6.45) is 0.911. The van der Waals surface area contributed by atoms with Crippen molar-refractivity contribution in [3.63, 3.8) is 0 Å². The number of benzene rings is 2. The fourth-order valence-corrected chi connectivity index (χ4v) is 2.41. The summed E-state index contributed by atoms with van der Waals surface area (Å²) in [7, 11) is 4.03. The van der Waals surface area contributed by atoms with Crippen LogP contribution in [-0.4, -0.2) is 38.0 Å². The van der Waals surface area contributed by atoms with Crippen molar-refractivity contribution in [2.75, 3.05) is 27.2 Å². The van der Waals surface area contributed by atoms with Crippen molar-refractivity contribution in [1.82, 2.24) is 10.2 Å². The molecule has 3 nitrogen and oxygen atoms in total. The van der Waals surface area contributed by atoms with E-state index in [-0.39, 0.29) is 5.91 Å². The summed E-state index contributed by atoms with van der Waals surface area (Å²) in [5, 5.41) is 3.40. The zero-order chi connectivity index (χ0) is 15.9. The Hall–Kier alpha value is -1.84. The fourth-order valence-electron chi connectivity index (χ4n) is 2.20. The molecule has 22 heavy (non-hydrogen) atoms. The summed E-state index contributed by atoms with van der Waals surface area (Å²) >= 11 is 6.17. The van der Waals surface area contributed by atoms with Crippen LogP contribution in [0.4, 0.5) is 0 Å². The van der Waals surface area contributed by atoms with Crippen LogP contribution >= 0.6 is 11.6 Å². The van der Waals surface area contributed by atoms with Crippen LogP contribution in [0.15, 0.2) is 48.5 Å². The average Bonchev–Trinajstić information content (AvgIpc) is 2.52. The van der Waals surface area contributed by atoms with Gasteiger partial charge in [-0.3, -0.25) is 4.79 Å². The van der Waals surface area contributed by atoms with E-state index in [1.54, 1.807) is 6.07 Å². The molecule has 0 aliphatic rings. The molecule has 0 aromatic heterocycles. The molecular weight excluding hydrogens is 296 g/mol. The number of carbonyl (C=O) groups is 1. The molecule has 0 bridgehead atoms. The summed E-state index contributed by atoms with van der Waals surface area (Å²) in [6.45, 7) is 1.58. The highest BCUT2D eigenvalue weighted by molar-refractivity contribution is 6.34. The van der Waals surface area contributed by atoms with Gasteiger partial charge in [0.15, 0.2) is 0 Å². The van der Waals surface area contributed by atoms with Gasteiger partial charge in [-0.2, -0.15) is 0 Å². The Kier molecular flexibility index (Phi) is 5.99. The molecule has 4 heteroatoms. The molecule has 0 atom stereocenters. The van der Waals surface area contributed by atoms with Crippen LogP contribution < -0.4 is 5.32 Å². The molecule has 2 aromatic carbocycles. The van der Waals surface area contributed by atoms with E-state index >= 15 is 0 Å². The number of rotatable bonds is 6. The van der Waals surface area contributed by atoms with Crippen LogP contribution in [0, 0.1) is 0 Å². The predicted octanol–water partition coefficient (Wildman–Crippen LogP) is 3.69. The maximum absolute atomic E-state index is 12.3. The molecule has 116 valence electrons. The van der Waals surface area contributed by atoms with Crippen molar-refractivity contribution in [1.29, 1.82) is 0 Å². The predicted molar refractivity (Wildman–Crippen MR) is 92.4 cm³/mol. The summed E-state index contributed by atoms with van der Waals surface area (Å²) in [5.41, 5.74) is 2.58. The third-order valence-corrected chi connectivity index (χ3v) is 3.72. The average molecular weight is 317 g/mol. The van der Waals surface area contributed by atoms with Gasteiger partial charge in [-0.1, -0.05) is 48.0 Å². The molecule has 0 saturated carbocycles. The van der Waals surface area contributed by atoms with Crippen LogP contribution in [0.3, 0.4) is 0 Å². The Balaban J connectivity index is 2.08. The van der Waals surface area contributed by atoms with E-state index in [0.717, 1.165) is 24.1 Å². The van der Waals surface area contributed by atoms with Gasteiger partial charge in [0.05, 0.1) is 10.6 Å². The third-order valence-electron chi connectivity index (χ3n) is 3.39. The van der Waals surface area contributed by atoms with Crippen molar-refractivity contribution >= 4 is 17.5 Å². The van der Waals surface area contributed by atoms with Crippen molar-refractivity contribution in [3.05, 3.63) is 59.1 Å². The van der Waals surface area contributed by atoms with Gasteiger partial charge in [0.1, 0.15) is 0 Å². The summed E-state index contributed by atoms with van der Waals surface area (Å²) in [6, 6.07) is 15.5. The Bertz CT molecular complexity index is 626. The van der Waals surface area contributed by atoms with Gasteiger partial charge in [-0.25, -0.2) is 0 Å². The zero-order valence-electron chi connectivity index (χ0n) is 13.0. The molecule has 0 aliphatic carbocycles. The van der Waals surface area contributed by atoms with E-state index in [0.29, 0.717) is 17.1 Å². The highest BCUT2D eigenvalue weighted by atomic mass is 35.5. The first kappa shape index (κ1) is 16.5. The fraction of sp³-hybridized carbons (Fsp3) is 0.278. The molecule has 1 amide bonds. The highest BCUT2D eigenvalue weighted by Gasteiger charge is 2.11. The summed E-state index contributed by atoms with van der Waals surface area (Å²) in [5.74, 6) is -0.124. The Morgan fingerprint density at radius 2 is 1.82 bits per heavy atom. The maximum atomic E-state index is 12.3. The van der Waals surface area contributed by atoms with Crippen molar-refractivity contribution in [3.8, 4) is 11.1 Å². The van der Waals surface area contributed by atoms with Gasteiger partial charge in [-0.05, 0) is 50.3 Å². The van der Waals surface area contributed by atoms with Crippen LogP contribution in [0.5, 0.6) is 0 Å². The zero-order valence-corrected chi connectivity index (χ0v) is 13.7. The van der Waals surface area contributed by atoms with Gasteiger partial charge in [0.2, 0.25) is 0 Å². The Morgan fingerprint density at radius 1 is 1.09 bits per heavy atom. The second-order valence-electron chi connectivity index (χ2n) is 5.47. The van der Waals surface area contributed by atoms with E-state index < -0.39 is 0 Å². The molecule has 0 saturated heterocycles. The lowest BCUT2D eigenvalue weighted by Crippen LogP contribution is -2.27. The maximum Gasteiger partial charge on any atom is 0.252 e. The van der Waals surface area contributed by atoms with E-state index in [1.165, 1.54) is 0 Å². The topological polar surface area (TPSA) is 32.3 Å². The molecule has 0 aliphatic heterocycles. The first-order chi connectivity index (χ1) is 10.6. The highest BCUT2D eigenvalue weighted by Crippen LogP contribution is 2.25. The SMILES string of the molecule is CN(C)CCCNC(=O)c1cc(-c2ccccc2)ccc1Cl. The normalized spacial score (nSPS) is 10.7.